The van der Waals surface area contributed by atoms with E-state index in [0.717, 1.165) is 33.3 Å². The van der Waals surface area contributed by atoms with E-state index in [2.05, 4.69) is 21.5 Å². The Bertz CT molecular complexity index is 937. The zero-order valence-corrected chi connectivity index (χ0v) is 19.5. The van der Waals surface area contributed by atoms with E-state index in [1.165, 1.54) is 24.2 Å². The molecule has 3 rings (SSSR count). The molecule has 1 aromatic carbocycles. The van der Waals surface area contributed by atoms with Gasteiger partial charge in [0.25, 0.3) is 0 Å². The van der Waals surface area contributed by atoms with Crippen molar-refractivity contribution in [3.63, 3.8) is 0 Å². The zero-order valence-electron chi connectivity index (χ0n) is 18.7. The number of hydrogen-bond acceptors (Lipinski definition) is 4. The van der Waals surface area contributed by atoms with Crippen molar-refractivity contribution >= 4 is 17.6 Å². The van der Waals surface area contributed by atoms with Crippen molar-refractivity contribution in [1.29, 1.82) is 0 Å². The van der Waals surface area contributed by atoms with Crippen LogP contribution in [0.1, 0.15) is 32.3 Å². The van der Waals surface area contributed by atoms with Gasteiger partial charge >= 0.3 is 0 Å². The van der Waals surface area contributed by atoms with Gasteiger partial charge in [0, 0.05) is 46.2 Å². The molecule has 0 amide bonds. The van der Waals surface area contributed by atoms with Gasteiger partial charge in [0.1, 0.15) is 11.6 Å². The van der Waals surface area contributed by atoms with Crippen LogP contribution >= 0.6 is 12.0 Å². The lowest BCUT2D eigenvalue weighted by Crippen LogP contribution is -1.85. The number of rotatable bonds is 6. The van der Waals surface area contributed by atoms with Crippen molar-refractivity contribution in [1.82, 2.24) is 15.0 Å². The van der Waals surface area contributed by atoms with Gasteiger partial charge in [0.05, 0.1) is 12.8 Å². The maximum Gasteiger partial charge on any atom is 0.137 e. The Labute approximate surface area is 189 Å². The second-order valence-electron chi connectivity index (χ2n) is 5.88. The van der Waals surface area contributed by atoms with E-state index in [0.29, 0.717) is 0 Å². The fraction of sp³-hybridized carbons (Fsp3) is 0.200. The molecule has 0 radical (unpaired) electrons. The van der Waals surface area contributed by atoms with Gasteiger partial charge in [-0.25, -0.2) is 9.37 Å². The Morgan fingerprint density at radius 2 is 1.74 bits per heavy atom. The molecule has 164 valence electrons. The number of aryl methyl sites for hydroxylation is 1. The molecule has 0 atom stereocenters. The predicted molar refractivity (Wildman–Crippen MR) is 131 cm³/mol. The summed E-state index contributed by atoms with van der Waals surface area (Å²) in [4.78, 5) is 12.5. The van der Waals surface area contributed by atoms with Gasteiger partial charge in [-0.15, -0.1) is 0 Å². The summed E-state index contributed by atoms with van der Waals surface area (Å²) in [5.41, 5.74) is 3.58. The highest BCUT2D eigenvalue weighted by Gasteiger charge is 2.10. The number of aromatic nitrogens is 3. The molecule has 0 aliphatic rings. The van der Waals surface area contributed by atoms with Gasteiger partial charge < -0.3 is 9.17 Å². The number of imidazole rings is 1. The van der Waals surface area contributed by atoms with Crippen LogP contribution in [0.25, 0.3) is 16.8 Å². The molecule has 3 aromatic rings. The molecule has 0 spiro atoms. The molecule has 0 fully saturated rings. The van der Waals surface area contributed by atoms with E-state index in [-0.39, 0.29) is 5.82 Å². The first-order chi connectivity index (χ1) is 15.0. The Hall–Kier alpha value is -2.96. The summed E-state index contributed by atoms with van der Waals surface area (Å²) in [6.07, 6.45) is 9.27. The van der Waals surface area contributed by atoms with E-state index >= 15 is 0 Å². The normalized spacial score (nSPS) is 10.7. The van der Waals surface area contributed by atoms with Crippen molar-refractivity contribution < 1.29 is 8.57 Å². The number of halogens is 1. The van der Waals surface area contributed by atoms with Gasteiger partial charge in [0.2, 0.25) is 0 Å². The van der Waals surface area contributed by atoms with Crippen LogP contribution in [0.15, 0.2) is 84.6 Å². The minimum Gasteiger partial charge on any atom is -0.342 e. The highest BCUT2D eigenvalue weighted by Crippen LogP contribution is 2.25. The van der Waals surface area contributed by atoms with Crippen LogP contribution in [-0.4, -0.2) is 22.1 Å². The summed E-state index contributed by atoms with van der Waals surface area (Å²) in [6, 6.07) is 12.0. The van der Waals surface area contributed by atoms with Gasteiger partial charge in [0.15, 0.2) is 0 Å². The van der Waals surface area contributed by atoms with Crippen molar-refractivity contribution in [2.75, 3.05) is 7.11 Å². The Morgan fingerprint density at radius 3 is 2.23 bits per heavy atom. The van der Waals surface area contributed by atoms with Crippen LogP contribution in [0, 0.1) is 12.7 Å². The van der Waals surface area contributed by atoms with Gasteiger partial charge in [-0.2, -0.15) is 0 Å². The summed E-state index contributed by atoms with van der Waals surface area (Å²) in [7, 11) is 1.60. The third kappa shape index (κ3) is 9.15. The van der Waals surface area contributed by atoms with Crippen molar-refractivity contribution in [2.45, 2.75) is 27.7 Å². The van der Waals surface area contributed by atoms with Crippen LogP contribution < -0.4 is 0 Å². The number of H-pyrrole nitrogens is 1. The van der Waals surface area contributed by atoms with Crippen LogP contribution in [0.2, 0.25) is 0 Å². The first kappa shape index (κ1) is 26.1. The van der Waals surface area contributed by atoms with Crippen LogP contribution in [-0.2, 0) is 4.18 Å². The van der Waals surface area contributed by atoms with Crippen LogP contribution in [0.3, 0.4) is 0 Å². The van der Waals surface area contributed by atoms with Crippen LogP contribution in [0.5, 0.6) is 0 Å². The second-order valence-corrected chi connectivity index (χ2v) is 6.91. The molecule has 0 aliphatic carbocycles. The average Bonchev–Trinajstić information content (AvgIpc) is 3.19. The number of allylic oxidation sites excluding steroid dienone is 4. The number of aromatic amines is 1. The smallest absolute Gasteiger partial charge is 0.137 e. The molecule has 31 heavy (non-hydrogen) atoms. The first-order valence-electron chi connectivity index (χ1n) is 9.97. The highest BCUT2D eigenvalue weighted by molar-refractivity contribution is 7.98. The fourth-order valence-corrected chi connectivity index (χ4v) is 2.77. The molecular formula is C25H30FN3OS. The topological polar surface area (TPSA) is 50.8 Å². The summed E-state index contributed by atoms with van der Waals surface area (Å²) >= 11 is 1.21. The van der Waals surface area contributed by atoms with E-state index < -0.39 is 0 Å². The van der Waals surface area contributed by atoms with E-state index in [1.54, 1.807) is 31.6 Å². The minimum atomic E-state index is -0.256. The lowest BCUT2D eigenvalue weighted by molar-refractivity contribution is 0.493. The summed E-state index contributed by atoms with van der Waals surface area (Å²) < 4.78 is 18.0. The number of nitrogens with zero attached hydrogens (tertiary/aromatic N) is 2. The molecule has 0 unspecified atom stereocenters. The lowest BCUT2D eigenvalue weighted by Gasteiger charge is -1.99. The summed E-state index contributed by atoms with van der Waals surface area (Å²) in [5.74, 6) is 0.504. The molecule has 0 aliphatic heterocycles. The zero-order chi connectivity index (χ0) is 23.1. The van der Waals surface area contributed by atoms with Crippen LogP contribution in [0.4, 0.5) is 4.39 Å². The Kier molecular flexibility index (Phi) is 12.6. The molecule has 1 N–H and O–H groups in total. The monoisotopic (exact) mass is 439 g/mol. The van der Waals surface area contributed by atoms with Gasteiger partial charge in [-0.3, -0.25) is 4.98 Å². The molecule has 6 heteroatoms. The fourth-order valence-electron chi connectivity index (χ4n) is 2.43. The molecule has 2 aromatic heterocycles. The molecule has 2 heterocycles. The van der Waals surface area contributed by atoms with E-state index in [1.807, 2.05) is 64.1 Å². The maximum absolute atomic E-state index is 13.1. The molecule has 0 saturated heterocycles. The summed E-state index contributed by atoms with van der Waals surface area (Å²) in [6.45, 7) is 11.8. The second kappa shape index (κ2) is 14.9. The standard InChI is InChI=1S/C18H19FN2OS.C5H5N.C2H6/c1-5-14(7-6-12(2)23-22-4)18-20-13(3)17(21-18)15-8-10-16(19)11-9-15;1-2-4-6-5-3-1;1-2/h5-11H,2H2,1,3-4H3,(H,20,21);1-5H;1-2H3/b7-6-,14-5+;;. The molecule has 4 nitrogen and oxygen atoms in total. The SMILES string of the molecule is C=C(/C=C\C(=C/C)c1nc(-c2ccc(F)cc2)c(C)[nH]1)SOC.CC.c1ccncc1. The lowest BCUT2D eigenvalue weighted by atomic mass is 10.1. The highest BCUT2D eigenvalue weighted by atomic mass is 32.2. The van der Waals surface area contributed by atoms with Gasteiger partial charge in [-0.05, 0) is 56.3 Å². The predicted octanol–water partition coefficient (Wildman–Crippen LogP) is 7.40. The number of benzene rings is 1. The third-order valence-electron chi connectivity index (χ3n) is 3.79. The number of nitrogens with one attached hydrogen (secondary N) is 1. The molecule has 0 bridgehead atoms. The first-order valence-corrected chi connectivity index (χ1v) is 10.7. The van der Waals surface area contributed by atoms with Crippen molar-refractivity contribution in [3.8, 4) is 11.3 Å². The van der Waals surface area contributed by atoms with Crippen molar-refractivity contribution in [2.24, 2.45) is 0 Å². The largest absolute Gasteiger partial charge is 0.342 e. The average molecular weight is 440 g/mol. The third-order valence-corrected chi connectivity index (χ3v) is 4.31. The Morgan fingerprint density at radius 1 is 1.10 bits per heavy atom. The minimum absolute atomic E-state index is 0.256. The summed E-state index contributed by atoms with van der Waals surface area (Å²) in [5, 5.41) is 0. The maximum atomic E-state index is 13.1. The molecular weight excluding hydrogens is 409 g/mol. The number of pyridine rings is 1. The Balaban J connectivity index is 0.000000508. The molecule has 0 saturated carbocycles. The van der Waals surface area contributed by atoms with E-state index in [4.69, 9.17) is 4.18 Å². The quantitative estimate of drug-likeness (QED) is 0.321. The van der Waals surface area contributed by atoms with Crippen molar-refractivity contribution in [3.05, 3.63) is 102 Å². The van der Waals surface area contributed by atoms with E-state index in [9.17, 15) is 4.39 Å². The number of hydrogen-bond donors (Lipinski definition) is 1. The van der Waals surface area contributed by atoms with Gasteiger partial charge in [-0.1, -0.05) is 38.6 Å².